The Kier molecular flexibility index (Phi) is 3.95. The van der Waals surface area contributed by atoms with E-state index in [-0.39, 0.29) is 11.6 Å². The van der Waals surface area contributed by atoms with Gasteiger partial charge in [-0.15, -0.1) is 5.10 Å². The molecular formula is C8H13N5O3. The summed E-state index contributed by atoms with van der Waals surface area (Å²) < 4.78 is 1.34. The van der Waals surface area contributed by atoms with Crippen LogP contribution in [0.25, 0.3) is 0 Å². The zero-order valence-corrected chi connectivity index (χ0v) is 8.75. The number of carboxylic acids is 1. The van der Waals surface area contributed by atoms with Gasteiger partial charge in [-0.1, -0.05) is 5.21 Å². The zero-order valence-electron chi connectivity index (χ0n) is 8.75. The molecule has 0 bridgehead atoms. The molecule has 0 aliphatic carbocycles. The van der Waals surface area contributed by atoms with Crippen molar-refractivity contribution in [2.75, 3.05) is 6.54 Å². The second-order valence-electron chi connectivity index (χ2n) is 3.25. The lowest BCUT2D eigenvalue weighted by Gasteiger charge is -2.06. The maximum absolute atomic E-state index is 11.1. The van der Waals surface area contributed by atoms with Gasteiger partial charge in [-0.05, 0) is 6.92 Å². The summed E-state index contributed by atoms with van der Waals surface area (Å²) in [4.78, 5) is 21.6. The highest BCUT2D eigenvalue weighted by atomic mass is 16.4. The first-order valence-electron chi connectivity index (χ1n) is 4.67. The Morgan fingerprint density at radius 2 is 2.38 bits per heavy atom. The van der Waals surface area contributed by atoms with Gasteiger partial charge in [0.15, 0.2) is 5.69 Å². The summed E-state index contributed by atoms with van der Waals surface area (Å²) in [6.45, 7) is 2.24. The average Bonchev–Trinajstić information content (AvgIpc) is 2.66. The molecule has 0 spiro atoms. The molecule has 88 valence electrons. The molecule has 0 saturated carbocycles. The molecule has 0 aliphatic rings. The number of aromatic nitrogens is 3. The summed E-state index contributed by atoms with van der Waals surface area (Å²) in [5, 5.41) is 18.2. The first-order chi connectivity index (χ1) is 7.50. The summed E-state index contributed by atoms with van der Waals surface area (Å²) >= 11 is 0. The van der Waals surface area contributed by atoms with Gasteiger partial charge in [0.1, 0.15) is 0 Å². The molecule has 4 N–H and O–H groups in total. The van der Waals surface area contributed by atoms with E-state index in [1.54, 1.807) is 6.92 Å². The molecule has 1 rings (SSSR count). The lowest BCUT2D eigenvalue weighted by Crippen LogP contribution is -2.39. The van der Waals surface area contributed by atoms with Gasteiger partial charge >= 0.3 is 5.97 Å². The summed E-state index contributed by atoms with van der Waals surface area (Å²) in [7, 11) is 0. The van der Waals surface area contributed by atoms with E-state index in [9.17, 15) is 9.59 Å². The maximum Gasteiger partial charge on any atom is 0.358 e. The minimum atomic E-state index is -1.13. The van der Waals surface area contributed by atoms with Gasteiger partial charge in [0.25, 0.3) is 0 Å². The van der Waals surface area contributed by atoms with E-state index in [1.807, 2.05) is 0 Å². The highest BCUT2D eigenvalue weighted by molar-refractivity contribution is 5.84. The predicted octanol–water partition coefficient (Wildman–Crippen LogP) is -1.56. The van der Waals surface area contributed by atoms with E-state index < -0.39 is 12.0 Å². The number of nitrogens with zero attached hydrogens (tertiary/aromatic N) is 3. The van der Waals surface area contributed by atoms with Crippen molar-refractivity contribution in [2.24, 2.45) is 5.73 Å². The number of amides is 1. The van der Waals surface area contributed by atoms with Gasteiger partial charge in [-0.2, -0.15) is 0 Å². The van der Waals surface area contributed by atoms with Crippen LogP contribution in [0.1, 0.15) is 17.4 Å². The number of aromatic carboxylic acids is 1. The Morgan fingerprint density at radius 3 is 2.88 bits per heavy atom. The molecule has 0 radical (unpaired) electrons. The lowest BCUT2D eigenvalue weighted by atomic mass is 10.3. The van der Waals surface area contributed by atoms with Crippen molar-refractivity contribution in [3.8, 4) is 0 Å². The predicted molar refractivity (Wildman–Crippen MR) is 53.6 cm³/mol. The van der Waals surface area contributed by atoms with Crippen molar-refractivity contribution in [1.82, 2.24) is 20.3 Å². The first kappa shape index (κ1) is 12.1. The molecule has 0 saturated heterocycles. The zero-order chi connectivity index (χ0) is 12.1. The van der Waals surface area contributed by atoms with E-state index in [2.05, 4.69) is 15.6 Å². The number of hydrogen-bond donors (Lipinski definition) is 3. The van der Waals surface area contributed by atoms with Crippen LogP contribution in [0.2, 0.25) is 0 Å². The quantitative estimate of drug-likeness (QED) is 0.559. The Labute approximate surface area is 91.4 Å². The number of carbonyl (C=O) groups excluding carboxylic acids is 1. The molecule has 8 heteroatoms. The fourth-order valence-electron chi connectivity index (χ4n) is 0.960. The van der Waals surface area contributed by atoms with Gasteiger partial charge in [-0.3, -0.25) is 4.79 Å². The van der Waals surface area contributed by atoms with E-state index in [0.717, 1.165) is 0 Å². The molecule has 0 fully saturated rings. The smallest absolute Gasteiger partial charge is 0.358 e. The van der Waals surface area contributed by atoms with Crippen LogP contribution in [0.5, 0.6) is 0 Å². The molecule has 0 aliphatic heterocycles. The molecular weight excluding hydrogens is 214 g/mol. The number of hydrogen-bond acceptors (Lipinski definition) is 5. The Balaban J connectivity index is 2.37. The number of nitrogens with two attached hydrogens (primary N) is 1. The fourth-order valence-corrected chi connectivity index (χ4v) is 0.960. The number of carboxylic acid groups (broad SMARTS) is 1. The molecule has 1 aromatic rings. The topological polar surface area (TPSA) is 123 Å². The van der Waals surface area contributed by atoms with Crippen LogP contribution in [-0.2, 0) is 11.3 Å². The Bertz CT molecular complexity index is 387. The summed E-state index contributed by atoms with van der Waals surface area (Å²) in [6.07, 6.45) is 1.29. The van der Waals surface area contributed by atoms with E-state index >= 15 is 0 Å². The monoisotopic (exact) mass is 227 g/mol. The highest BCUT2D eigenvalue weighted by Crippen LogP contribution is 1.91. The Hall–Kier alpha value is -1.96. The molecule has 0 aromatic carbocycles. The first-order valence-corrected chi connectivity index (χ1v) is 4.67. The lowest BCUT2D eigenvalue weighted by molar-refractivity contribution is -0.122. The minimum absolute atomic E-state index is 0.126. The number of nitrogens with one attached hydrogen (secondary N) is 1. The average molecular weight is 227 g/mol. The van der Waals surface area contributed by atoms with E-state index in [1.165, 1.54) is 10.9 Å². The van der Waals surface area contributed by atoms with Gasteiger partial charge < -0.3 is 16.2 Å². The number of carbonyl (C=O) groups is 2. The summed E-state index contributed by atoms with van der Waals surface area (Å²) in [5.74, 6) is -1.40. The normalized spacial score (nSPS) is 12.1. The maximum atomic E-state index is 11.1. The second-order valence-corrected chi connectivity index (χ2v) is 3.25. The van der Waals surface area contributed by atoms with E-state index in [0.29, 0.717) is 13.1 Å². The van der Waals surface area contributed by atoms with Crippen molar-refractivity contribution in [3.63, 3.8) is 0 Å². The third-order valence-corrected chi connectivity index (χ3v) is 1.81. The van der Waals surface area contributed by atoms with Gasteiger partial charge in [0, 0.05) is 6.54 Å². The van der Waals surface area contributed by atoms with Crippen LogP contribution in [0.4, 0.5) is 0 Å². The van der Waals surface area contributed by atoms with Crippen LogP contribution in [0, 0.1) is 0 Å². The third kappa shape index (κ3) is 3.31. The highest BCUT2D eigenvalue weighted by Gasteiger charge is 2.09. The standard InChI is InChI=1S/C8H13N5O3/c1-5(9)7(14)10-2-3-13-4-6(8(15)16)11-12-13/h4-5H,2-3,9H2,1H3,(H,10,14)(H,15,16)/t5-/m1/s1. The van der Waals surface area contributed by atoms with Crippen LogP contribution in [0.15, 0.2) is 6.20 Å². The van der Waals surface area contributed by atoms with Gasteiger partial charge in [-0.25, -0.2) is 9.48 Å². The molecule has 0 unspecified atom stereocenters. The van der Waals surface area contributed by atoms with Crippen LogP contribution >= 0.6 is 0 Å². The van der Waals surface area contributed by atoms with Crippen LogP contribution in [-0.4, -0.2) is 44.6 Å². The van der Waals surface area contributed by atoms with Crippen molar-refractivity contribution in [1.29, 1.82) is 0 Å². The molecule has 8 nitrogen and oxygen atoms in total. The molecule has 1 atom stereocenters. The largest absolute Gasteiger partial charge is 0.476 e. The van der Waals surface area contributed by atoms with Crippen molar-refractivity contribution in [2.45, 2.75) is 19.5 Å². The van der Waals surface area contributed by atoms with E-state index in [4.69, 9.17) is 10.8 Å². The second kappa shape index (κ2) is 5.21. The van der Waals surface area contributed by atoms with Crippen molar-refractivity contribution >= 4 is 11.9 Å². The molecule has 1 heterocycles. The number of rotatable bonds is 5. The third-order valence-electron chi connectivity index (χ3n) is 1.81. The fraction of sp³-hybridized carbons (Fsp3) is 0.500. The SMILES string of the molecule is C[C@@H](N)C(=O)NCCn1cc(C(=O)O)nn1. The molecule has 16 heavy (non-hydrogen) atoms. The Morgan fingerprint density at radius 1 is 1.69 bits per heavy atom. The van der Waals surface area contributed by atoms with Crippen LogP contribution in [0.3, 0.4) is 0 Å². The molecule has 1 aromatic heterocycles. The van der Waals surface area contributed by atoms with Gasteiger partial charge in [0.2, 0.25) is 5.91 Å². The summed E-state index contributed by atoms with van der Waals surface area (Å²) in [6, 6.07) is -0.565. The van der Waals surface area contributed by atoms with Crippen molar-refractivity contribution in [3.05, 3.63) is 11.9 Å². The van der Waals surface area contributed by atoms with Crippen LogP contribution < -0.4 is 11.1 Å². The summed E-state index contributed by atoms with van der Waals surface area (Å²) in [5.41, 5.74) is 5.21. The van der Waals surface area contributed by atoms with Gasteiger partial charge in [0.05, 0.1) is 18.8 Å². The minimum Gasteiger partial charge on any atom is -0.476 e. The molecule has 1 amide bonds. The van der Waals surface area contributed by atoms with Crippen molar-refractivity contribution < 1.29 is 14.7 Å².